The number of aliphatic hydroxyl groups excluding tert-OH is 1. The molecule has 0 amide bonds. The van der Waals surface area contributed by atoms with E-state index >= 15 is 0 Å². The molecule has 108 valence electrons. The van der Waals surface area contributed by atoms with E-state index in [9.17, 15) is 0 Å². The van der Waals surface area contributed by atoms with Gasteiger partial charge in [0.15, 0.2) is 0 Å². The summed E-state index contributed by atoms with van der Waals surface area (Å²) in [5.41, 5.74) is 2.33. The Balaban J connectivity index is 2.24. The first-order chi connectivity index (χ1) is 9.56. The molecule has 0 radical (unpaired) electrons. The quantitative estimate of drug-likeness (QED) is 0.859. The van der Waals surface area contributed by atoms with Crippen LogP contribution in [0.2, 0.25) is 0 Å². The van der Waals surface area contributed by atoms with Crippen molar-refractivity contribution < 1.29 is 9.84 Å². The summed E-state index contributed by atoms with van der Waals surface area (Å²) in [4.78, 5) is 2.49. The zero-order valence-electron chi connectivity index (χ0n) is 12.6. The fourth-order valence-corrected chi connectivity index (χ4v) is 2.78. The van der Waals surface area contributed by atoms with Crippen molar-refractivity contribution in [3.63, 3.8) is 0 Å². The van der Waals surface area contributed by atoms with Crippen molar-refractivity contribution in [2.24, 2.45) is 0 Å². The number of hydrogen-bond donors (Lipinski definition) is 1. The minimum Gasteiger partial charge on any atom is -0.496 e. The zero-order valence-corrected chi connectivity index (χ0v) is 12.6. The van der Waals surface area contributed by atoms with Gasteiger partial charge in [-0.2, -0.15) is 0 Å². The third kappa shape index (κ3) is 3.33. The highest BCUT2D eigenvalue weighted by molar-refractivity contribution is 5.44. The second-order valence-electron chi connectivity index (χ2n) is 5.82. The number of nitrogens with zero attached hydrogens (tertiary/aromatic N) is 1. The Morgan fingerprint density at radius 2 is 2.20 bits per heavy atom. The maximum Gasteiger partial charge on any atom is 0.123 e. The number of methoxy groups -OCH3 is 1. The third-order valence-electron chi connectivity index (χ3n) is 4.03. The molecular weight excluding hydrogens is 250 g/mol. The number of hydrogen-bond acceptors (Lipinski definition) is 3. The Kier molecular flexibility index (Phi) is 4.69. The Hall–Kier alpha value is -1.50. The average molecular weight is 273 g/mol. The van der Waals surface area contributed by atoms with Crippen molar-refractivity contribution in [2.75, 3.05) is 20.3 Å². The van der Waals surface area contributed by atoms with Gasteiger partial charge in [0.25, 0.3) is 0 Å². The van der Waals surface area contributed by atoms with E-state index in [4.69, 9.17) is 9.84 Å². The summed E-state index contributed by atoms with van der Waals surface area (Å²) in [5.74, 6) is 6.55. The molecule has 1 aliphatic heterocycles. The van der Waals surface area contributed by atoms with Crippen LogP contribution in [0.4, 0.5) is 0 Å². The molecule has 3 nitrogen and oxygen atoms in total. The van der Waals surface area contributed by atoms with Crippen LogP contribution in [0.15, 0.2) is 18.2 Å². The van der Waals surface area contributed by atoms with Gasteiger partial charge in [-0.15, -0.1) is 0 Å². The molecule has 0 atom stereocenters. The van der Waals surface area contributed by atoms with Crippen molar-refractivity contribution >= 4 is 0 Å². The third-order valence-corrected chi connectivity index (χ3v) is 4.03. The van der Waals surface area contributed by atoms with Gasteiger partial charge in [0.2, 0.25) is 0 Å². The van der Waals surface area contributed by atoms with Crippen LogP contribution in [0.5, 0.6) is 5.75 Å². The number of rotatable bonds is 3. The Bertz CT molecular complexity index is 526. The van der Waals surface area contributed by atoms with E-state index in [1.807, 2.05) is 12.1 Å². The highest BCUT2D eigenvalue weighted by Crippen LogP contribution is 2.32. The van der Waals surface area contributed by atoms with Crippen molar-refractivity contribution in [1.29, 1.82) is 0 Å². The van der Waals surface area contributed by atoms with E-state index < -0.39 is 0 Å². The van der Waals surface area contributed by atoms with Crippen LogP contribution in [-0.2, 0) is 6.54 Å². The lowest BCUT2D eigenvalue weighted by Gasteiger charge is -2.32. The molecule has 1 saturated heterocycles. The fourth-order valence-electron chi connectivity index (χ4n) is 2.78. The highest BCUT2D eigenvalue weighted by atomic mass is 16.5. The van der Waals surface area contributed by atoms with E-state index in [1.54, 1.807) is 7.11 Å². The van der Waals surface area contributed by atoms with Crippen LogP contribution < -0.4 is 4.74 Å². The van der Waals surface area contributed by atoms with E-state index in [0.29, 0.717) is 0 Å². The van der Waals surface area contributed by atoms with Gasteiger partial charge in [-0.05, 0) is 51.4 Å². The number of ether oxygens (including phenoxy) is 1. The van der Waals surface area contributed by atoms with Crippen LogP contribution in [0.1, 0.15) is 37.8 Å². The molecule has 0 bridgehead atoms. The summed E-state index contributed by atoms with van der Waals surface area (Å²) >= 11 is 0. The van der Waals surface area contributed by atoms with Crippen molar-refractivity contribution in [2.45, 2.75) is 38.8 Å². The molecule has 1 heterocycles. The first-order valence-electron chi connectivity index (χ1n) is 7.08. The Labute approximate surface area is 121 Å². The van der Waals surface area contributed by atoms with Gasteiger partial charge in [0, 0.05) is 23.2 Å². The molecule has 1 aliphatic rings. The van der Waals surface area contributed by atoms with E-state index in [2.05, 4.69) is 36.7 Å². The summed E-state index contributed by atoms with van der Waals surface area (Å²) < 4.78 is 5.46. The van der Waals surface area contributed by atoms with Gasteiger partial charge < -0.3 is 9.84 Å². The Morgan fingerprint density at radius 3 is 2.80 bits per heavy atom. The largest absolute Gasteiger partial charge is 0.496 e. The molecule has 1 aromatic carbocycles. The maximum atomic E-state index is 8.79. The predicted octanol–water partition coefficient (Wildman–Crippen LogP) is 2.41. The molecule has 2 rings (SSSR count). The second kappa shape index (κ2) is 6.30. The lowest BCUT2D eigenvalue weighted by molar-refractivity contribution is 0.165. The molecule has 0 unspecified atom stereocenters. The van der Waals surface area contributed by atoms with Gasteiger partial charge in [-0.25, -0.2) is 0 Å². The van der Waals surface area contributed by atoms with Gasteiger partial charge in [-0.1, -0.05) is 11.8 Å². The second-order valence-corrected chi connectivity index (χ2v) is 5.82. The topological polar surface area (TPSA) is 32.7 Å². The van der Waals surface area contributed by atoms with Crippen molar-refractivity contribution in [3.05, 3.63) is 29.3 Å². The van der Waals surface area contributed by atoms with Crippen molar-refractivity contribution in [1.82, 2.24) is 4.90 Å². The standard InChI is InChI=1S/C17H23NO2/c1-17(2)9-5-10-18(17)13-15-12-14(6-4-11-19)7-8-16(15)20-3/h7-8,12,19H,5,9-11,13H2,1-3H3. The summed E-state index contributed by atoms with van der Waals surface area (Å²) in [5, 5.41) is 8.79. The van der Waals surface area contributed by atoms with E-state index in [-0.39, 0.29) is 12.1 Å². The molecule has 1 fully saturated rings. The predicted molar refractivity (Wildman–Crippen MR) is 80.7 cm³/mol. The number of aliphatic hydroxyl groups is 1. The molecule has 0 aromatic heterocycles. The Morgan fingerprint density at radius 1 is 1.40 bits per heavy atom. The summed E-state index contributed by atoms with van der Waals surface area (Å²) in [6.45, 7) is 6.48. The van der Waals surface area contributed by atoms with Crippen LogP contribution in [0, 0.1) is 11.8 Å². The monoisotopic (exact) mass is 273 g/mol. The van der Waals surface area contributed by atoms with Crippen LogP contribution >= 0.6 is 0 Å². The number of likely N-dealkylation sites (tertiary alicyclic amines) is 1. The molecule has 0 aliphatic carbocycles. The van der Waals surface area contributed by atoms with Gasteiger partial charge in [0.05, 0.1) is 7.11 Å². The van der Waals surface area contributed by atoms with Crippen LogP contribution in [-0.4, -0.2) is 35.8 Å². The molecular formula is C17H23NO2. The zero-order chi connectivity index (χ0) is 14.6. The molecule has 1 aromatic rings. The number of benzene rings is 1. The smallest absolute Gasteiger partial charge is 0.123 e. The molecule has 0 saturated carbocycles. The average Bonchev–Trinajstić information content (AvgIpc) is 2.76. The highest BCUT2D eigenvalue weighted by Gasteiger charge is 2.32. The van der Waals surface area contributed by atoms with Crippen LogP contribution in [0.25, 0.3) is 0 Å². The first-order valence-corrected chi connectivity index (χ1v) is 7.08. The molecule has 20 heavy (non-hydrogen) atoms. The first kappa shape index (κ1) is 14.9. The normalized spacial score (nSPS) is 17.6. The maximum absolute atomic E-state index is 8.79. The van der Waals surface area contributed by atoms with E-state index in [0.717, 1.165) is 30.0 Å². The summed E-state index contributed by atoms with van der Waals surface area (Å²) in [6.07, 6.45) is 2.48. The molecule has 3 heteroatoms. The fraction of sp³-hybridized carbons (Fsp3) is 0.529. The minimum atomic E-state index is -0.111. The summed E-state index contributed by atoms with van der Waals surface area (Å²) in [7, 11) is 1.70. The van der Waals surface area contributed by atoms with E-state index in [1.165, 1.54) is 12.8 Å². The summed E-state index contributed by atoms with van der Waals surface area (Å²) in [6, 6.07) is 5.95. The van der Waals surface area contributed by atoms with Gasteiger partial charge >= 0.3 is 0 Å². The van der Waals surface area contributed by atoms with Gasteiger partial charge in [-0.3, -0.25) is 4.90 Å². The van der Waals surface area contributed by atoms with Crippen LogP contribution in [0.3, 0.4) is 0 Å². The SMILES string of the molecule is COc1ccc(C#CCO)cc1CN1CCCC1(C)C. The van der Waals surface area contributed by atoms with Crippen molar-refractivity contribution in [3.8, 4) is 17.6 Å². The lowest BCUT2D eigenvalue weighted by Crippen LogP contribution is -2.37. The molecule has 0 spiro atoms. The lowest BCUT2D eigenvalue weighted by atomic mass is 10.0. The van der Waals surface area contributed by atoms with Gasteiger partial charge in [0.1, 0.15) is 12.4 Å². The molecule has 1 N–H and O–H groups in total. The minimum absolute atomic E-state index is 0.111.